The fourth-order valence-corrected chi connectivity index (χ4v) is 3.43. The molecular formula is C26H23F3O3. The smallest absolute Gasteiger partial charge is 0.416 e. The van der Waals surface area contributed by atoms with Crippen molar-refractivity contribution in [3.63, 3.8) is 0 Å². The van der Waals surface area contributed by atoms with Crippen molar-refractivity contribution < 1.29 is 27.8 Å². The normalized spacial score (nSPS) is 11.7. The highest BCUT2D eigenvalue weighted by molar-refractivity contribution is 5.75. The van der Waals surface area contributed by atoms with Crippen LogP contribution in [0.3, 0.4) is 0 Å². The monoisotopic (exact) mass is 440 g/mol. The number of carboxylic acids is 1. The van der Waals surface area contributed by atoms with Crippen LogP contribution in [0.5, 0.6) is 5.75 Å². The van der Waals surface area contributed by atoms with Crippen LogP contribution in [0, 0.1) is 13.8 Å². The molecular weight excluding hydrogens is 417 g/mol. The summed E-state index contributed by atoms with van der Waals surface area (Å²) in [5.74, 6) is -0.237. The van der Waals surface area contributed by atoms with E-state index < -0.39 is 17.7 Å². The third-order valence-electron chi connectivity index (χ3n) is 5.06. The van der Waals surface area contributed by atoms with Crippen molar-refractivity contribution in [1.82, 2.24) is 0 Å². The predicted molar refractivity (Wildman–Crippen MR) is 119 cm³/mol. The molecule has 0 bridgehead atoms. The summed E-state index contributed by atoms with van der Waals surface area (Å²) in [5.41, 5.74) is 4.57. The van der Waals surface area contributed by atoms with Gasteiger partial charge >= 0.3 is 12.1 Å². The maximum absolute atomic E-state index is 12.6. The quantitative estimate of drug-likeness (QED) is 0.444. The number of carbonyl (C=O) groups is 1. The van der Waals surface area contributed by atoms with E-state index in [4.69, 9.17) is 9.84 Å². The van der Waals surface area contributed by atoms with Crippen LogP contribution in [0.25, 0.3) is 17.2 Å². The van der Waals surface area contributed by atoms with E-state index in [9.17, 15) is 18.0 Å². The molecule has 3 nitrogen and oxygen atoms in total. The number of carboxylic acid groups (broad SMARTS) is 1. The van der Waals surface area contributed by atoms with E-state index in [1.807, 2.05) is 50.2 Å². The second kappa shape index (κ2) is 9.73. The Morgan fingerprint density at radius 2 is 1.72 bits per heavy atom. The lowest BCUT2D eigenvalue weighted by Crippen LogP contribution is -2.04. The van der Waals surface area contributed by atoms with Crippen LogP contribution in [0.4, 0.5) is 13.2 Å². The van der Waals surface area contributed by atoms with Crippen LogP contribution in [0.15, 0.2) is 66.7 Å². The highest BCUT2D eigenvalue weighted by Gasteiger charge is 2.29. The lowest BCUT2D eigenvalue weighted by Gasteiger charge is -2.13. The first-order chi connectivity index (χ1) is 15.1. The maximum atomic E-state index is 12.6. The molecule has 0 aromatic heterocycles. The number of aryl methyl sites for hydroxylation is 2. The Hall–Kier alpha value is -3.54. The van der Waals surface area contributed by atoms with E-state index in [0.717, 1.165) is 39.9 Å². The van der Waals surface area contributed by atoms with Crippen molar-refractivity contribution in [1.29, 1.82) is 0 Å². The molecule has 166 valence electrons. The predicted octanol–water partition coefficient (Wildman–Crippen LogP) is 6.71. The van der Waals surface area contributed by atoms with Gasteiger partial charge in [-0.25, -0.2) is 0 Å². The van der Waals surface area contributed by atoms with Crippen LogP contribution in [-0.2, 0) is 17.4 Å². The van der Waals surface area contributed by atoms with E-state index in [2.05, 4.69) is 0 Å². The molecule has 0 radical (unpaired) electrons. The number of ether oxygens (including phenoxy) is 1. The van der Waals surface area contributed by atoms with E-state index in [0.29, 0.717) is 11.3 Å². The minimum absolute atomic E-state index is 0.0377. The third kappa shape index (κ3) is 6.00. The van der Waals surface area contributed by atoms with Gasteiger partial charge in [0.25, 0.3) is 0 Å². The number of rotatable bonds is 7. The molecule has 6 heteroatoms. The Morgan fingerprint density at radius 1 is 1.00 bits per heavy atom. The molecule has 0 aliphatic carbocycles. The Morgan fingerprint density at radius 3 is 2.38 bits per heavy atom. The van der Waals surface area contributed by atoms with Crippen molar-refractivity contribution >= 4 is 12.0 Å². The van der Waals surface area contributed by atoms with E-state index in [-0.39, 0.29) is 13.0 Å². The first-order valence-electron chi connectivity index (χ1n) is 10.0. The first-order valence-corrected chi connectivity index (χ1v) is 10.0. The molecule has 3 aromatic carbocycles. The van der Waals surface area contributed by atoms with Gasteiger partial charge in [0.15, 0.2) is 0 Å². The van der Waals surface area contributed by atoms with Crippen molar-refractivity contribution in [2.24, 2.45) is 0 Å². The van der Waals surface area contributed by atoms with Gasteiger partial charge in [-0.3, -0.25) is 4.79 Å². The van der Waals surface area contributed by atoms with Crippen molar-refractivity contribution in [2.45, 2.75) is 26.4 Å². The molecule has 0 fully saturated rings. The lowest BCUT2D eigenvalue weighted by molar-refractivity contribution is -0.138. The van der Waals surface area contributed by atoms with Crippen molar-refractivity contribution in [3.8, 4) is 16.9 Å². The average Bonchev–Trinajstić information content (AvgIpc) is 2.73. The summed E-state index contributed by atoms with van der Waals surface area (Å²) in [6.45, 7) is 4.13. The summed E-state index contributed by atoms with van der Waals surface area (Å²) in [7, 11) is 0. The van der Waals surface area contributed by atoms with Crippen LogP contribution in [-0.4, -0.2) is 17.7 Å². The van der Waals surface area contributed by atoms with Gasteiger partial charge in [-0.05, 0) is 77.6 Å². The zero-order chi connectivity index (χ0) is 23.3. The standard InChI is InChI=1S/C26H23F3O3/c1-17-13-18(2)24(15-21(17)16-25(30)31)20-6-3-7-23(14-20)32-12-4-5-19-8-10-22(11-9-19)26(27,28)29/h3-11,13-15H,12,16H2,1-2H3,(H,30,31). The van der Waals surface area contributed by atoms with E-state index in [1.54, 1.807) is 12.2 Å². The molecule has 0 amide bonds. The fourth-order valence-electron chi connectivity index (χ4n) is 3.43. The van der Waals surface area contributed by atoms with Gasteiger partial charge in [-0.2, -0.15) is 13.2 Å². The van der Waals surface area contributed by atoms with Gasteiger partial charge in [0.05, 0.1) is 12.0 Å². The molecule has 1 N–H and O–H groups in total. The van der Waals surface area contributed by atoms with E-state index in [1.165, 1.54) is 12.1 Å². The van der Waals surface area contributed by atoms with Crippen LogP contribution in [0.2, 0.25) is 0 Å². The number of aliphatic carboxylic acids is 1. The number of hydrogen-bond donors (Lipinski definition) is 1. The topological polar surface area (TPSA) is 46.5 Å². The summed E-state index contributed by atoms with van der Waals surface area (Å²) in [6.07, 6.45) is -0.950. The van der Waals surface area contributed by atoms with Crippen LogP contribution in [0.1, 0.15) is 27.8 Å². The molecule has 0 aliphatic rings. The molecule has 3 aromatic rings. The summed E-state index contributed by atoms with van der Waals surface area (Å²) in [4.78, 5) is 11.1. The molecule has 0 heterocycles. The molecule has 0 atom stereocenters. The highest BCUT2D eigenvalue weighted by atomic mass is 19.4. The molecule has 0 saturated heterocycles. The molecule has 0 saturated carbocycles. The average molecular weight is 440 g/mol. The summed E-state index contributed by atoms with van der Waals surface area (Å²) in [5, 5.41) is 9.14. The Kier molecular flexibility index (Phi) is 7.03. The van der Waals surface area contributed by atoms with Gasteiger partial charge in [0.2, 0.25) is 0 Å². The summed E-state index contributed by atoms with van der Waals surface area (Å²) >= 11 is 0. The Labute approximate surface area is 184 Å². The largest absolute Gasteiger partial charge is 0.490 e. The van der Waals surface area contributed by atoms with Gasteiger partial charge in [-0.15, -0.1) is 0 Å². The molecule has 0 spiro atoms. The SMILES string of the molecule is Cc1cc(C)c(-c2cccc(OCC=Cc3ccc(C(F)(F)F)cc3)c2)cc1CC(=O)O. The summed E-state index contributed by atoms with van der Waals surface area (Å²) < 4.78 is 43.6. The molecule has 32 heavy (non-hydrogen) atoms. The Bertz CT molecular complexity index is 1130. The van der Waals surface area contributed by atoms with Gasteiger partial charge < -0.3 is 9.84 Å². The molecule has 3 rings (SSSR count). The second-order valence-electron chi connectivity index (χ2n) is 7.53. The number of benzene rings is 3. The number of alkyl halides is 3. The van der Waals surface area contributed by atoms with Gasteiger partial charge in [-0.1, -0.05) is 42.5 Å². The van der Waals surface area contributed by atoms with Gasteiger partial charge in [0.1, 0.15) is 12.4 Å². The molecule has 0 aliphatic heterocycles. The van der Waals surface area contributed by atoms with Crippen LogP contribution < -0.4 is 4.74 Å². The number of halogens is 3. The minimum atomic E-state index is -4.35. The summed E-state index contributed by atoms with van der Waals surface area (Å²) in [6, 6.07) is 16.3. The third-order valence-corrected chi connectivity index (χ3v) is 5.06. The first kappa shape index (κ1) is 23.1. The molecule has 0 unspecified atom stereocenters. The van der Waals surface area contributed by atoms with Crippen LogP contribution >= 0.6 is 0 Å². The Balaban J connectivity index is 1.69. The lowest BCUT2D eigenvalue weighted by atomic mass is 9.93. The second-order valence-corrected chi connectivity index (χ2v) is 7.53. The number of hydrogen-bond acceptors (Lipinski definition) is 2. The minimum Gasteiger partial charge on any atom is -0.490 e. The van der Waals surface area contributed by atoms with Crippen molar-refractivity contribution in [3.05, 3.63) is 94.6 Å². The van der Waals surface area contributed by atoms with E-state index >= 15 is 0 Å². The van der Waals surface area contributed by atoms with Crippen molar-refractivity contribution in [2.75, 3.05) is 6.61 Å². The maximum Gasteiger partial charge on any atom is 0.416 e. The zero-order valence-corrected chi connectivity index (χ0v) is 17.7. The highest BCUT2D eigenvalue weighted by Crippen LogP contribution is 2.30. The van der Waals surface area contributed by atoms with Gasteiger partial charge in [0, 0.05) is 0 Å². The fraction of sp³-hybridized carbons (Fsp3) is 0.192. The zero-order valence-electron chi connectivity index (χ0n) is 17.7.